The van der Waals surface area contributed by atoms with E-state index in [-0.39, 0.29) is 17.7 Å². The summed E-state index contributed by atoms with van der Waals surface area (Å²) in [7, 11) is 0. The number of nitrogens with one attached hydrogen (secondary N) is 2. The van der Waals surface area contributed by atoms with Gasteiger partial charge in [-0.1, -0.05) is 18.6 Å². The molecule has 1 aliphatic heterocycles. The summed E-state index contributed by atoms with van der Waals surface area (Å²) in [4.78, 5) is 26.1. The first-order chi connectivity index (χ1) is 11.6. The van der Waals surface area contributed by atoms with Gasteiger partial charge in [-0.2, -0.15) is 5.10 Å². The molecular formula is C18H24N4O2. The van der Waals surface area contributed by atoms with Crippen LogP contribution in [0.25, 0.3) is 10.9 Å². The van der Waals surface area contributed by atoms with Gasteiger partial charge in [0.05, 0.1) is 23.7 Å². The van der Waals surface area contributed by atoms with Gasteiger partial charge in [0.2, 0.25) is 11.8 Å². The van der Waals surface area contributed by atoms with Crippen molar-refractivity contribution in [2.75, 3.05) is 13.1 Å². The number of aryl methyl sites for hydroxylation is 1. The molecule has 0 radical (unpaired) electrons. The SMILES string of the molecule is CCCN1C[C@@H](C(=O)NCc2[nH]nc3ccc(C)cc23)CCC1=O. The Morgan fingerprint density at radius 1 is 1.46 bits per heavy atom. The van der Waals surface area contributed by atoms with Crippen molar-refractivity contribution in [1.82, 2.24) is 20.4 Å². The van der Waals surface area contributed by atoms with Gasteiger partial charge in [-0.3, -0.25) is 14.7 Å². The number of amides is 2. The highest BCUT2D eigenvalue weighted by atomic mass is 16.2. The lowest BCUT2D eigenvalue weighted by atomic mass is 9.96. The van der Waals surface area contributed by atoms with Crippen molar-refractivity contribution in [3.8, 4) is 0 Å². The second-order valence-corrected chi connectivity index (χ2v) is 6.52. The van der Waals surface area contributed by atoms with E-state index in [1.165, 1.54) is 0 Å². The van der Waals surface area contributed by atoms with Crippen LogP contribution in [-0.4, -0.2) is 40.0 Å². The molecule has 0 unspecified atom stereocenters. The minimum atomic E-state index is -0.120. The van der Waals surface area contributed by atoms with E-state index in [2.05, 4.69) is 21.6 Å². The van der Waals surface area contributed by atoms with E-state index in [0.717, 1.165) is 35.1 Å². The Labute approximate surface area is 141 Å². The number of nitrogens with zero attached hydrogens (tertiary/aromatic N) is 2. The van der Waals surface area contributed by atoms with Crippen molar-refractivity contribution in [3.05, 3.63) is 29.5 Å². The predicted octanol–water partition coefficient (Wildman–Crippen LogP) is 2.14. The molecule has 0 spiro atoms. The number of benzene rings is 1. The first-order valence-corrected chi connectivity index (χ1v) is 8.57. The molecule has 1 atom stereocenters. The molecule has 0 bridgehead atoms. The highest BCUT2D eigenvalue weighted by Gasteiger charge is 2.29. The average molecular weight is 328 g/mol. The van der Waals surface area contributed by atoms with Gasteiger partial charge in [-0.25, -0.2) is 0 Å². The van der Waals surface area contributed by atoms with E-state index in [4.69, 9.17) is 0 Å². The zero-order chi connectivity index (χ0) is 17.1. The Morgan fingerprint density at radius 2 is 2.29 bits per heavy atom. The molecule has 0 aliphatic carbocycles. The van der Waals surface area contributed by atoms with Crippen LogP contribution in [0.4, 0.5) is 0 Å². The molecule has 2 heterocycles. The van der Waals surface area contributed by atoms with Crippen LogP contribution in [-0.2, 0) is 16.1 Å². The number of piperidine rings is 1. The Bertz CT molecular complexity index is 753. The third kappa shape index (κ3) is 3.42. The van der Waals surface area contributed by atoms with E-state index in [1.807, 2.05) is 30.9 Å². The molecule has 1 aliphatic rings. The van der Waals surface area contributed by atoms with Gasteiger partial charge in [0.1, 0.15) is 0 Å². The summed E-state index contributed by atoms with van der Waals surface area (Å²) < 4.78 is 0. The van der Waals surface area contributed by atoms with Gasteiger partial charge in [-0.15, -0.1) is 0 Å². The van der Waals surface area contributed by atoms with Crippen LogP contribution in [0.5, 0.6) is 0 Å². The Morgan fingerprint density at radius 3 is 3.08 bits per heavy atom. The number of aromatic amines is 1. The van der Waals surface area contributed by atoms with Crippen molar-refractivity contribution in [2.45, 2.75) is 39.7 Å². The van der Waals surface area contributed by atoms with Gasteiger partial charge in [0, 0.05) is 24.9 Å². The lowest BCUT2D eigenvalue weighted by Crippen LogP contribution is -2.45. The van der Waals surface area contributed by atoms with Crippen LogP contribution in [0.2, 0.25) is 0 Å². The van der Waals surface area contributed by atoms with Crippen LogP contribution in [0.3, 0.4) is 0 Å². The number of hydrogen-bond donors (Lipinski definition) is 2. The Hall–Kier alpha value is -2.37. The number of aromatic nitrogens is 2. The second kappa shape index (κ2) is 7.03. The van der Waals surface area contributed by atoms with E-state index in [0.29, 0.717) is 25.9 Å². The summed E-state index contributed by atoms with van der Waals surface area (Å²) in [6.07, 6.45) is 2.01. The fourth-order valence-electron chi connectivity index (χ4n) is 3.25. The summed E-state index contributed by atoms with van der Waals surface area (Å²) in [5.41, 5.74) is 2.99. The van der Waals surface area contributed by atoms with Crippen LogP contribution >= 0.6 is 0 Å². The standard InChI is InChI=1S/C18H24N4O2/c1-3-8-22-11-13(5-7-17(22)23)18(24)19-10-16-14-9-12(2)4-6-15(14)20-21-16/h4,6,9,13H,3,5,7-8,10-11H2,1-2H3,(H,19,24)(H,20,21)/t13-/m0/s1. The van der Waals surface area contributed by atoms with Gasteiger partial charge >= 0.3 is 0 Å². The number of carbonyl (C=O) groups excluding carboxylic acids is 2. The predicted molar refractivity (Wildman–Crippen MR) is 92.3 cm³/mol. The van der Waals surface area contributed by atoms with Crippen LogP contribution < -0.4 is 5.32 Å². The minimum Gasteiger partial charge on any atom is -0.350 e. The van der Waals surface area contributed by atoms with Gasteiger partial charge in [0.25, 0.3) is 0 Å². The van der Waals surface area contributed by atoms with Crippen molar-refractivity contribution in [2.24, 2.45) is 5.92 Å². The number of H-pyrrole nitrogens is 1. The zero-order valence-corrected chi connectivity index (χ0v) is 14.3. The molecule has 24 heavy (non-hydrogen) atoms. The highest BCUT2D eigenvalue weighted by molar-refractivity contribution is 5.85. The molecule has 6 heteroatoms. The number of rotatable bonds is 5. The van der Waals surface area contributed by atoms with E-state index < -0.39 is 0 Å². The fraction of sp³-hybridized carbons (Fsp3) is 0.500. The van der Waals surface area contributed by atoms with Crippen molar-refractivity contribution in [1.29, 1.82) is 0 Å². The third-order valence-corrected chi connectivity index (χ3v) is 4.59. The highest BCUT2D eigenvalue weighted by Crippen LogP contribution is 2.20. The van der Waals surface area contributed by atoms with Crippen molar-refractivity contribution >= 4 is 22.7 Å². The largest absolute Gasteiger partial charge is 0.350 e. The molecule has 3 rings (SSSR count). The molecule has 1 aromatic heterocycles. The third-order valence-electron chi connectivity index (χ3n) is 4.59. The van der Waals surface area contributed by atoms with Gasteiger partial charge in [-0.05, 0) is 31.9 Å². The maximum absolute atomic E-state index is 12.5. The maximum atomic E-state index is 12.5. The van der Waals surface area contributed by atoms with Gasteiger partial charge < -0.3 is 10.2 Å². The molecule has 2 N–H and O–H groups in total. The molecule has 2 aromatic rings. The van der Waals surface area contributed by atoms with Gasteiger partial charge in [0.15, 0.2) is 0 Å². The first-order valence-electron chi connectivity index (χ1n) is 8.57. The molecular weight excluding hydrogens is 304 g/mol. The number of hydrogen-bond acceptors (Lipinski definition) is 3. The number of carbonyl (C=O) groups is 2. The number of likely N-dealkylation sites (tertiary alicyclic amines) is 1. The summed E-state index contributed by atoms with van der Waals surface area (Å²) in [6, 6.07) is 6.07. The Balaban J connectivity index is 1.62. The Kier molecular flexibility index (Phi) is 4.83. The van der Waals surface area contributed by atoms with E-state index >= 15 is 0 Å². The average Bonchev–Trinajstić information content (AvgIpc) is 2.97. The normalized spacial score (nSPS) is 18.2. The molecule has 1 saturated heterocycles. The summed E-state index contributed by atoms with van der Waals surface area (Å²) >= 11 is 0. The molecule has 0 saturated carbocycles. The minimum absolute atomic E-state index is 0.0130. The molecule has 2 amide bonds. The molecule has 1 fully saturated rings. The molecule has 128 valence electrons. The smallest absolute Gasteiger partial charge is 0.225 e. The molecule has 6 nitrogen and oxygen atoms in total. The molecule has 1 aromatic carbocycles. The second-order valence-electron chi connectivity index (χ2n) is 6.52. The zero-order valence-electron chi connectivity index (χ0n) is 14.3. The van der Waals surface area contributed by atoms with Crippen molar-refractivity contribution < 1.29 is 9.59 Å². The monoisotopic (exact) mass is 328 g/mol. The van der Waals surface area contributed by atoms with E-state index in [9.17, 15) is 9.59 Å². The van der Waals surface area contributed by atoms with Crippen LogP contribution in [0.1, 0.15) is 37.4 Å². The summed E-state index contributed by atoms with van der Waals surface area (Å²) in [5.74, 6) is 0.0557. The van der Waals surface area contributed by atoms with E-state index in [1.54, 1.807) is 0 Å². The van der Waals surface area contributed by atoms with Crippen LogP contribution in [0, 0.1) is 12.8 Å². The number of fused-ring (bicyclic) bond motifs is 1. The first kappa shape index (κ1) is 16.5. The lowest BCUT2D eigenvalue weighted by molar-refractivity contribution is -0.138. The van der Waals surface area contributed by atoms with Crippen LogP contribution in [0.15, 0.2) is 18.2 Å². The fourth-order valence-corrected chi connectivity index (χ4v) is 3.25. The lowest BCUT2D eigenvalue weighted by Gasteiger charge is -2.31. The summed E-state index contributed by atoms with van der Waals surface area (Å²) in [6.45, 7) is 5.77. The summed E-state index contributed by atoms with van der Waals surface area (Å²) in [5, 5.41) is 11.3. The maximum Gasteiger partial charge on any atom is 0.225 e. The van der Waals surface area contributed by atoms with Crippen molar-refractivity contribution in [3.63, 3.8) is 0 Å². The quantitative estimate of drug-likeness (QED) is 0.882. The topological polar surface area (TPSA) is 78.1 Å².